The number of allylic oxidation sites excluding steroid dienone is 6. The third kappa shape index (κ3) is 3.00. The van der Waals surface area contributed by atoms with Crippen LogP contribution in [0.5, 0.6) is 0 Å². The summed E-state index contributed by atoms with van der Waals surface area (Å²) in [6.45, 7) is 6.81. The fraction of sp³-hybridized carbons (Fsp3) is 0.263. The number of benzene rings is 1. The Balaban J connectivity index is 2.58. The van der Waals surface area contributed by atoms with Crippen molar-refractivity contribution < 1.29 is 0 Å². The molecule has 1 nitrogen and oxygen atoms in total. The Morgan fingerprint density at radius 2 is 2.05 bits per heavy atom. The summed E-state index contributed by atoms with van der Waals surface area (Å²) in [5.74, 6) is 0.349. The molecule has 20 heavy (non-hydrogen) atoms. The van der Waals surface area contributed by atoms with Gasteiger partial charge in [0.05, 0.1) is 0 Å². The monoisotopic (exact) mass is 265 g/mol. The maximum absolute atomic E-state index is 5.85. The van der Waals surface area contributed by atoms with Crippen LogP contribution in [0.2, 0.25) is 0 Å². The first-order valence-electron chi connectivity index (χ1n) is 7.32. The summed E-state index contributed by atoms with van der Waals surface area (Å²) in [6.07, 6.45) is 12.7. The lowest BCUT2D eigenvalue weighted by atomic mass is 9.84. The second-order valence-electron chi connectivity index (χ2n) is 5.02. The van der Waals surface area contributed by atoms with Gasteiger partial charge in [-0.2, -0.15) is 0 Å². The molecule has 104 valence electrons. The number of hydrogen-bond donors (Lipinski definition) is 1. The van der Waals surface area contributed by atoms with E-state index in [0.717, 1.165) is 12.8 Å². The molecule has 0 fully saturated rings. The molecule has 0 aliphatic heterocycles. The Labute approximate surface area is 122 Å². The summed E-state index contributed by atoms with van der Waals surface area (Å²) in [5.41, 5.74) is 11.0. The Kier molecular flexibility index (Phi) is 5.14. The number of rotatable bonds is 5. The summed E-state index contributed by atoms with van der Waals surface area (Å²) in [7, 11) is 0. The van der Waals surface area contributed by atoms with Crippen LogP contribution in [-0.4, -0.2) is 6.54 Å². The molecule has 1 unspecified atom stereocenters. The van der Waals surface area contributed by atoms with Crippen LogP contribution in [-0.2, 0) is 0 Å². The van der Waals surface area contributed by atoms with Crippen molar-refractivity contribution in [3.63, 3.8) is 0 Å². The van der Waals surface area contributed by atoms with Gasteiger partial charge in [0.2, 0.25) is 0 Å². The Hall–Kier alpha value is -1.86. The van der Waals surface area contributed by atoms with Crippen molar-refractivity contribution >= 4 is 6.08 Å². The molecule has 0 spiro atoms. The summed E-state index contributed by atoms with van der Waals surface area (Å²) in [4.78, 5) is 0. The van der Waals surface area contributed by atoms with E-state index in [2.05, 4.69) is 62.1 Å². The molecule has 0 aromatic heterocycles. The fourth-order valence-electron chi connectivity index (χ4n) is 2.75. The molecule has 2 N–H and O–H groups in total. The van der Waals surface area contributed by atoms with E-state index < -0.39 is 0 Å². The van der Waals surface area contributed by atoms with E-state index in [-0.39, 0.29) is 0 Å². The minimum Gasteiger partial charge on any atom is -0.330 e. The van der Waals surface area contributed by atoms with E-state index in [1.54, 1.807) is 0 Å². The average molecular weight is 265 g/mol. The van der Waals surface area contributed by atoms with E-state index in [9.17, 15) is 0 Å². The maximum Gasteiger partial charge on any atom is 0.0113 e. The summed E-state index contributed by atoms with van der Waals surface area (Å²) >= 11 is 0. The van der Waals surface area contributed by atoms with Gasteiger partial charge in [0.25, 0.3) is 0 Å². The van der Waals surface area contributed by atoms with Gasteiger partial charge in [-0.3, -0.25) is 0 Å². The van der Waals surface area contributed by atoms with Gasteiger partial charge in [-0.15, -0.1) is 0 Å². The molecule has 0 amide bonds. The van der Waals surface area contributed by atoms with Gasteiger partial charge < -0.3 is 5.73 Å². The third-order valence-electron chi connectivity index (χ3n) is 3.73. The highest BCUT2D eigenvalue weighted by molar-refractivity contribution is 5.65. The molecule has 1 heteroatoms. The molecule has 1 atom stereocenters. The molecule has 1 aromatic rings. The lowest BCUT2D eigenvalue weighted by Crippen LogP contribution is -2.10. The van der Waals surface area contributed by atoms with Gasteiger partial charge in [0.1, 0.15) is 0 Å². The van der Waals surface area contributed by atoms with Crippen molar-refractivity contribution in [2.45, 2.75) is 25.7 Å². The van der Waals surface area contributed by atoms with Crippen LogP contribution >= 0.6 is 0 Å². The summed E-state index contributed by atoms with van der Waals surface area (Å²) < 4.78 is 0. The lowest BCUT2D eigenvalue weighted by molar-refractivity contribution is 0.722. The van der Waals surface area contributed by atoms with Gasteiger partial charge >= 0.3 is 0 Å². The van der Waals surface area contributed by atoms with Crippen LogP contribution in [0.15, 0.2) is 66.3 Å². The zero-order valence-electron chi connectivity index (χ0n) is 12.2. The molecule has 1 aliphatic rings. The molecule has 2 rings (SSSR count). The van der Waals surface area contributed by atoms with Crippen molar-refractivity contribution in [3.05, 3.63) is 77.4 Å². The highest BCUT2D eigenvalue weighted by Crippen LogP contribution is 2.36. The Morgan fingerprint density at radius 1 is 1.25 bits per heavy atom. The highest BCUT2D eigenvalue weighted by atomic mass is 14.5. The predicted molar refractivity (Wildman–Crippen MR) is 88.5 cm³/mol. The van der Waals surface area contributed by atoms with Crippen molar-refractivity contribution in [2.24, 2.45) is 5.73 Å². The summed E-state index contributed by atoms with van der Waals surface area (Å²) in [5, 5.41) is 0. The first kappa shape index (κ1) is 14.5. The molecule has 0 saturated heterocycles. The standard InChI is InChI=1S/C19H23N/c1-3-5-9-17-15(4-2)11-12-16-8-6-7-10-18(16)19(17)13-14-20/h4-12,19H,2-3,13-14,20H2,1H3/b9-5-. The van der Waals surface area contributed by atoms with Gasteiger partial charge in [-0.05, 0) is 41.7 Å². The van der Waals surface area contributed by atoms with E-state index in [1.165, 1.54) is 22.3 Å². The van der Waals surface area contributed by atoms with E-state index in [1.807, 2.05) is 6.08 Å². The SMILES string of the molecule is C=CC1=C(/C=C\CC)C(CCN)c2ccccc2C=C1. The normalized spacial score (nSPS) is 18.2. The van der Waals surface area contributed by atoms with Crippen molar-refractivity contribution in [3.8, 4) is 0 Å². The Morgan fingerprint density at radius 3 is 2.75 bits per heavy atom. The van der Waals surface area contributed by atoms with E-state index in [4.69, 9.17) is 5.73 Å². The predicted octanol–water partition coefficient (Wildman–Crippen LogP) is 4.59. The van der Waals surface area contributed by atoms with Crippen LogP contribution in [0.4, 0.5) is 0 Å². The topological polar surface area (TPSA) is 26.0 Å². The van der Waals surface area contributed by atoms with Crippen LogP contribution in [0.1, 0.15) is 36.8 Å². The number of fused-ring (bicyclic) bond motifs is 1. The fourth-order valence-corrected chi connectivity index (χ4v) is 2.75. The molecule has 0 saturated carbocycles. The molecule has 0 bridgehead atoms. The van der Waals surface area contributed by atoms with Gasteiger partial charge in [-0.25, -0.2) is 0 Å². The van der Waals surface area contributed by atoms with E-state index >= 15 is 0 Å². The largest absolute Gasteiger partial charge is 0.330 e. The molecule has 0 heterocycles. The zero-order chi connectivity index (χ0) is 14.4. The molecule has 0 radical (unpaired) electrons. The first-order valence-corrected chi connectivity index (χ1v) is 7.32. The smallest absolute Gasteiger partial charge is 0.0113 e. The minimum atomic E-state index is 0.349. The van der Waals surface area contributed by atoms with Crippen LogP contribution in [0, 0.1) is 0 Å². The highest BCUT2D eigenvalue weighted by Gasteiger charge is 2.20. The number of hydrogen-bond acceptors (Lipinski definition) is 1. The molecule has 1 aliphatic carbocycles. The third-order valence-corrected chi connectivity index (χ3v) is 3.73. The second kappa shape index (κ2) is 7.06. The van der Waals surface area contributed by atoms with Gasteiger partial charge in [-0.1, -0.05) is 68.1 Å². The molecular weight excluding hydrogens is 242 g/mol. The minimum absolute atomic E-state index is 0.349. The second-order valence-corrected chi connectivity index (χ2v) is 5.02. The van der Waals surface area contributed by atoms with Crippen LogP contribution in [0.25, 0.3) is 6.08 Å². The van der Waals surface area contributed by atoms with Crippen molar-refractivity contribution in [2.75, 3.05) is 6.54 Å². The molecule has 1 aromatic carbocycles. The maximum atomic E-state index is 5.85. The zero-order valence-corrected chi connectivity index (χ0v) is 12.2. The van der Waals surface area contributed by atoms with Crippen molar-refractivity contribution in [1.29, 1.82) is 0 Å². The van der Waals surface area contributed by atoms with E-state index in [0.29, 0.717) is 12.5 Å². The van der Waals surface area contributed by atoms with Crippen LogP contribution in [0.3, 0.4) is 0 Å². The molecular formula is C19H23N. The Bertz CT molecular complexity index is 561. The van der Waals surface area contributed by atoms with Gasteiger partial charge in [0, 0.05) is 5.92 Å². The van der Waals surface area contributed by atoms with Gasteiger partial charge in [0.15, 0.2) is 0 Å². The lowest BCUT2D eigenvalue weighted by Gasteiger charge is -2.20. The summed E-state index contributed by atoms with van der Waals surface area (Å²) in [6, 6.07) is 8.58. The van der Waals surface area contributed by atoms with Crippen molar-refractivity contribution in [1.82, 2.24) is 0 Å². The first-order chi connectivity index (χ1) is 9.81. The van der Waals surface area contributed by atoms with Crippen LogP contribution < -0.4 is 5.73 Å². The average Bonchev–Trinajstić information content (AvgIpc) is 2.63. The quantitative estimate of drug-likeness (QED) is 0.827. The number of nitrogens with two attached hydrogens (primary N) is 1.